The van der Waals surface area contributed by atoms with Crippen molar-refractivity contribution in [1.29, 1.82) is 0 Å². The van der Waals surface area contributed by atoms with Gasteiger partial charge in [-0.1, -0.05) is 61.5 Å². The summed E-state index contributed by atoms with van der Waals surface area (Å²) in [4.78, 5) is 0.354. The lowest BCUT2D eigenvalue weighted by molar-refractivity contribution is 0.386. The lowest BCUT2D eigenvalue weighted by Crippen LogP contribution is -2.41. The molecule has 178 valence electrons. The van der Waals surface area contributed by atoms with Gasteiger partial charge in [-0.05, 0) is 90.8 Å². The van der Waals surface area contributed by atoms with Gasteiger partial charge >= 0.3 is 0 Å². The van der Waals surface area contributed by atoms with Crippen LogP contribution in [0.4, 0.5) is 5.69 Å². The topological polar surface area (TPSA) is 58.2 Å². The molecule has 34 heavy (non-hydrogen) atoms. The highest BCUT2D eigenvalue weighted by molar-refractivity contribution is 7.89. The summed E-state index contributed by atoms with van der Waals surface area (Å²) in [5, 5.41) is 3.62. The number of hydrogen-bond acceptors (Lipinski definition) is 3. The van der Waals surface area contributed by atoms with Gasteiger partial charge in [-0.3, -0.25) is 0 Å². The second-order valence-electron chi connectivity index (χ2n) is 9.98. The van der Waals surface area contributed by atoms with Crippen molar-refractivity contribution in [2.24, 2.45) is 11.8 Å². The average molecular weight is 475 g/mol. The predicted octanol–water partition coefficient (Wildman–Crippen LogP) is 5.76. The maximum atomic E-state index is 13.0. The lowest BCUT2D eigenvalue weighted by Gasteiger charge is -2.23. The van der Waals surface area contributed by atoms with E-state index in [-0.39, 0.29) is 6.04 Å². The fraction of sp³-hybridized carbons (Fsp3) is 0.379. The number of anilines is 1. The van der Waals surface area contributed by atoms with E-state index < -0.39 is 10.0 Å². The first-order valence-corrected chi connectivity index (χ1v) is 14.0. The van der Waals surface area contributed by atoms with Crippen LogP contribution >= 0.6 is 0 Å². The third kappa shape index (κ3) is 5.06. The Morgan fingerprint density at radius 3 is 2.21 bits per heavy atom. The van der Waals surface area contributed by atoms with Gasteiger partial charge < -0.3 is 5.32 Å². The van der Waals surface area contributed by atoms with E-state index in [2.05, 4.69) is 65.5 Å². The zero-order valence-electron chi connectivity index (χ0n) is 19.8. The van der Waals surface area contributed by atoms with E-state index in [1.54, 1.807) is 24.3 Å². The van der Waals surface area contributed by atoms with Gasteiger partial charge in [0.1, 0.15) is 0 Å². The molecule has 5 rings (SSSR count). The molecule has 0 aliphatic heterocycles. The molecule has 4 nitrogen and oxygen atoms in total. The van der Waals surface area contributed by atoms with E-state index in [4.69, 9.17) is 0 Å². The molecule has 2 aliphatic rings. The van der Waals surface area contributed by atoms with Crippen LogP contribution in [-0.2, 0) is 22.9 Å². The first kappa shape index (κ1) is 23.1. The van der Waals surface area contributed by atoms with Gasteiger partial charge in [-0.25, -0.2) is 13.1 Å². The smallest absolute Gasteiger partial charge is 0.240 e. The van der Waals surface area contributed by atoms with Crippen LogP contribution in [0.1, 0.15) is 48.8 Å². The molecule has 4 unspecified atom stereocenters. The molecule has 3 aromatic rings. The molecule has 3 aromatic carbocycles. The van der Waals surface area contributed by atoms with Crippen LogP contribution in [0.2, 0.25) is 0 Å². The lowest BCUT2D eigenvalue weighted by atomic mass is 9.93. The molecule has 2 N–H and O–H groups in total. The quantitative estimate of drug-likeness (QED) is 0.436. The molecule has 1 saturated carbocycles. The first-order chi connectivity index (χ1) is 16.5. The number of sulfonamides is 1. The number of nitrogens with one attached hydrogen (secondary N) is 2. The number of rotatable bonds is 8. The van der Waals surface area contributed by atoms with Gasteiger partial charge in [0.15, 0.2) is 0 Å². The summed E-state index contributed by atoms with van der Waals surface area (Å²) in [6, 6.07) is 26.2. The molecule has 0 amide bonds. The highest BCUT2D eigenvalue weighted by atomic mass is 32.2. The van der Waals surface area contributed by atoms with Crippen molar-refractivity contribution in [3.8, 4) is 0 Å². The third-order valence-corrected chi connectivity index (χ3v) is 9.19. The molecule has 1 fully saturated rings. The van der Waals surface area contributed by atoms with Crippen LogP contribution < -0.4 is 10.0 Å². The molecular formula is C29H34N2O2S. The minimum atomic E-state index is -3.50. The molecule has 0 heterocycles. The molecule has 0 aromatic heterocycles. The fourth-order valence-corrected chi connectivity index (χ4v) is 7.14. The van der Waals surface area contributed by atoms with E-state index >= 15 is 0 Å². The molecular weight excluding hydrogens is 440 g/mol. The van der Waals surface area contributed by atoms with Crippen LogP contribution in [0.25, 0.3) is 0 Å². The summed E-state index contributed by atoms with van der Waals surface area (Å²) >= 11 is 0. The minimum absolute atomic E-state index is 0.000683. The molecule has 2 aliphatic carbocycles. The zero-order chi connectivity index (χ0) is 23.5. The van der Waals surface area contributed by atoms with Crippen LogP contribution in [0.5, 0.6) is 0 Å². The summed E-state index contributed by atoms with van der Waals surface area (Å²) in [7, 11) is -3.50. The monoisotopic (exact) mass is 474 g/mol. The molecule has 0 radical (unpaired) electrons. The fourth-order valence-electron chi connectivity index (χ4n) is 5.74. The Kier molecular flexibility index (Phi) is 6.75. The molecule has 4 atom stereocenters. The normalized spacial score (nSPS) is 22.6. The van der Waals surface area contributed by atoms with Crippen molar-refractivity contribution < 1.29 is 8.42 Å². The summed E-state index contributed by atoms with van der Waals surface area (Å²) in [6.07, 6.45) is 5.12. The van der Waals surface area contributed by atoms with E-state index in [1.165, 1.54) is 22.4 Å². The highest BCUT2D eigenvalue weighted by Gasteiger charge is 2.41. The van der Waals surface area contributed by atoms with Gasteiger partial charge in [-0.2, -0.15) is 0 Å². The SMILES string of the molecule is CC(CCNc1ccc2c(c1)CC1CCC(C2)C1NS(=O)(=O)c1ccccc1)c1ccccc1. The third-order valence-electron chi connectivity index (χ3n) is 7.71. The van der Waals surface area contributed by atoms with E-state index in [0.717, 1.165) is 38.6 Å². The van der Waals surface area contributed by atoms with Crippen molar-refractivity contribution >= 4 is 15.7 Å². The van der Waals surface area contributed by atoms with Crippen molar-refractivity contribution in [1.82, 2.24) is 4.72 Å². The maximum Gasteiger partial charge on any atom is 0.240 e. The van der Waals surface area contributed by atoms with Crippen molar-refractivity contribution in [3.63, 3.8) is 0 Å². The number of fused-ring (bicyclic) bond motifs is 3. The summed E-state index contributed by atoms with van der Waals surface area (Å²) in [6.45, 7) is 3.21. The summed E-state index contributed by atoms with van der Waals surface area (Å²) in [5.41, 5.74) is 5.29. The van der Waals surface area contributed by atoms with Crippen LogP contribution in [0.15, 0.2) is 83.8 Å². The minimum Gasteiger partial charge on any atom is -0.385 e. The van der Waals surface area contributed by atoms with Gasteiger partial charge in [0.2, 0.25) is 10.0 Å². The predicted molar refractivity (Wildman–Crippen MR) is 139 cm³/mol. The standard InChI is InChI=1S/C29H34N2O2S/c1-21(22-8-4-2-5-9-22)16-17-30-27-15-14-23-18-24-12-13-25(19-26(23)20-27)29(24)31-34(32,33)28-10-6-3-7-11-28/h2-11,14-15,20-21,24-25,29-31H,12-13,16-19H2,1H3. The summed E-state index contributed by atoms with van der Waals surface area (Å²) in [5.74, 6) is 1.22. The zero-order valence-corrected chi connectivity index (χ0v) is 20.6. The summed E-state index contributed by atoms with van der Waals surface area (Å²) < 4.78 is 29.1. The van der Waals surface area contributed by atoms with E-state index in [1.807, 2.05) is 6.07 Å². The van der Waals surface area contributed by atoms with E-state index in [0.29, 0.717) is 22.6 Å². The number of benzene rings is 3. The second kappa shape index (κ2) is 9.93. The highest BCUT2D eigenvalue weighted by Crippen LogP contribution is 2.41. The van der Waals surface area contributed by atoms with Crippen LogP contribution in [0, 0.1) is 11.8 Å². The molecule has 2 bridgehead atoms. The van der Waals surface area contributed by atoms with Gasteiger partial charge in [0, 0.05) is 18.3 Å². The largest absolute Gasteiger partial charge is 0.385 e. The Morgan fingerprint density at radius 1 is 0.853 bits per heavy atom. The van der Waals surface area contributed by atoms with Crippen molar-refractivity contribution in [3.05, 3.63) is 95.6 Å². The second-order valence-corrected chi connectivity index (χ2v) is 11.7. The van der Waals surface area contributed by atoms with Gasteiger partial charge in [0.05, 0.1) is 4.90 Å². The Hall–Kier alpha value is -2.63. The molecule has 5 heteroatoms. The Balaban J connectivity index is 1.24. The average Bonchev–Trinajstić information content (AvgIpc) is 3.13. The number of hydrogen-bond donors (Lipinski definition) is 2. The first-order valence-electron chi connectivity index (χ1n) is 12.5. The van der Waals surface area contributed by atoms with Crippen molar-refractivity contribution in [2.45, 2.75) is 55.9 Å². The van der Waals surface area contributed by atoms with Crippen molar-refractivity contribution in [2.75, 3.05) is 11.9 Å². The van der Waals surface area contributed by atoms with Crippen LogP contribution in [0.3, 0.4) is 0 Å². The maximum absolute atomic E-state index is 13.0. The van der Waals surface area contributed by atoms with E-state index in [9.17, 15) is 8.42 Å². The van der Waals surface area contributed by atoms with Gasteiger partial charge in [0.25, 0.3) is 0 Å². The molecule has 0 saturated heterocycles. The Bertz CT molecular complexity index is 1210. The Labute approximate surface area is 203 Å². The van der Waals surface area contributed by atoms with Gasteiger partial charge in [-0.15, -0.1) is 0 Å². The molecule has 0 spiro atoms. The Morgan fingerprint density at radius 2 is 1.50 bits per heavy atom. The van der Waals surface area contributed by atoms with Crippen LogP contribution in [-0.4, -0.2) is 21.0 Å².